The zero-order valence-corrected chi connectivity index (χ0v) is 11.0. The minimum atomic E-state index is -0.507. The smallest absolute Gasteiger partial charge is 0.248 e. The molecule has 0 bridgehead atoms. The average Bonchev–Trinajstić information content (AvgIpc) is 2.33. The number of nitrogen functional groups attached to an aromatic ring is 1. The van der Waals surface area contributed by atoms with Crippen molar-refractivity contribution < 1.29 is 4.79 Å². The van der Waals surface area contributed by atoms with Crippen molar-refractivity contribution >= 4 is 34.7 Å². The van der Waals surface area contributed by atoms with Crippen LogP contribution in [0.1, 0.15) is 16.1 Å². The third-order valence-electron chi connectivity index (χ3n) is 2.49. The largest absolute Gasteiger partial charge is 0.399 e. The normalized spacial score (nSPS) is 10.2. The molecule has 0 saturated heterocycles. The molecule has 0 saturated carbocycles. The van der Waals surface area contributed by atoms with E-state index in [1.165, 1.54) is 0 Å². The Labute approximate surface area is 115 Å². The molecule has 5 nitrogen and oxygen atoms in total. The highest BCUT2D eigenvalue weighted by Crippen LogP contribution is 2.27. The summed E-state index contributed by atoms with van der Waals surface area (Å²) in [4.78, 5) is 15.5. The van der Waals surface area contributed by atoms with Gasteiger partial charge in [-0.25, -0.2) is 4.98 Å². The van der Waals surface area contributed by atoms with Gasteiger partial charge in [0.2, 0.25) is 5.91 Å². The Morgan fingerprint density at radius 2 is 2.05 bits per heavy atom. The van der Waals surface area contributed by atoms with Crippen LogP contribution in [0.15, 0.2) is 30.3 Å². The second kappa shape index (κ2) is 5.16. The van der Waals surface area contributed by atoms with Crippen LogP contribution >= 0.6 is 11.6 Å². The summed E-state index contributed by atoms with van der Waals surface area (Å²) in [5.74, 6) is -0.0199. The maximum Gasteiger partial charge on any atom is 0.248 e. The van der Waals surface area contributed by atoms with Gasteiger partial charge >= 0.3 is 0 Å². The first-order valence-corrected chi connectivity index (χ1v) is 5.94. The maximum atomic E-state index is 11.2. The fourth-order valence-electron chi connectivity index (χ4n) is 1.65. The molecular weight excluding hydrogens is 264 g/mol. The second-order valence-corrected chi connectivity index (χ2v) is 4.52. The van der Waals surface area contributed by atoms with Crippen molar-refractivity contribution in [1.29, 1.82) is 0 Å². The van der Waals surface area contributed by atoms with E-state index in [9.17, 15) is 4.79 Å². The van der Waals surface area contributed by atoms with E-state index in [0.29, 0.717) is 33.5 Å². The van der Waals surface area contributed by atoms with Crippen molar-refractivity contribution in [1.82, 2.24) is 4.98 Å². The number of halogens is 1. The van der Waals surface area contributed by atoms with Crippen LogP contribution in [0.2, 0.25) is 5.02 Å². The summed E-state index contributed by atoms with van der Waals surface area (Å²) >= 11 is 6.05. The minimum absolute atomic E-state index is 0.384. The number of nitrogens with one attached hydrogen (secondary N) is 1. The number of aryl methyl sites for hydroxylation is 1. The lowest BCUT2D eigenvalue weighted by molar-refractivity contribution is 0.1000. The van der Waals surface area contributed by atoms with Gasteiger partial charge in [0.1, 0.15) is 5.82 Å². The van der Waals surface area contributed by atoms with E-state index >= 15 is 0 Å². The van der Waals surface area contributed by atoms with Gasteiger partial charge in [0, 0.05) is 16.9 Å². The summed E-state index contributed by atoms with van der Waals surface area (Å²) in [5.41, 5.74) is 13.2. The van der Waals surface area contributed by atoms with Crippen molar-refractivity contribution in [2.24, 2.45) is 5.73 Å². The summed E-state index contributed by atoms with van der Waals surface area (Å²) in [6.07, 6.45) is 0. The van der Waals surface area contributed by atoms with Crippen LogP contribution in [-0.2, 0) is 0 Å². The highest BCUT2D eigenvalue weighted by atomic mass is 35.5. The fourth-order valence-corrected chi connectivity index (χ4v) is 1.82. The third-order valence-corrected chi connectivity index (χ3v) is 2.82. The first-order valence-electron chi connectivity index (χ1n) is 5.56. The number of hydrogen-bond donors (Lipinski definition) is 3. The monoisotopic (exact) mass is 276 g/mol. The summed E-state index contributed by atoms with van der Waals surface area (Å²) in [6, 6.07) is 8.26. The van der Waals surface area contributed by atoms with Crippen LogP contribution in [0.3, 0.4) is 0 Å². The Hall–Kier alpha value is -2.27. The molecule has 2 aromatic rings. The van der Waals surface area contributed by atoms with Gasteiger partial charge in [-0.15, -0.1) is 0 Å². The number of nitrogens with two attached hydrogens (primary N) is 2. The quantitative estimate of drug-likeness (QED) is 0.751. The number of carbonyl (C=O) groups excluding carboxylic acids is 1. The number of pyridine rings is 1. The molecule has 0 fully saturated rings. The number of anilines is 3. The molecule has 98 valence electrons. The average molecular weight is 277 g/mol. The zero-order chi connectivity index (χ0) is 14.0. The number of rotatable bonds is 3. The molecule has 2 rings (SSSR count). The molecule has 0 radical (unpaired) electrons. The van der Waals surface area contributed by atoms with Gasteiger partial charge < -0.3 is 16.8 Å². The molecule has 0 aliphatic carbocycles. The first-order chi connectivity index (χ1) is 8.95. The zero-order valence-electron chi connectivity index (χ0n) is 10.3. The maximum absolute atomic E-state index is 11.2. The van der Waals surface area contributed by atoms with E-state index < -0.39 is 5.91 Å². The van der Waals surface area contributed by atoms with E-state index in [0.717, 1.165) is 0 Å². The number of aromatic nitrogens is 1. The number of amides is 1. The standard InChI is InChI=1S/C13H13ClN4O/c1-7-4-8(13(16)19)5-12(17-7)18-11-6-9(15)2-3-10(11)14/h2-6H,15H2,1H3,(H2,16,19)(H,17,18). The van der Waals surface area contributed by atoms with Gasteiger partial charge in [-0.1, -0.05) is 11.6 Å². The molecule has 0 atom stereocenters. The first kappa shape index (κ1) is 13.2. The molecule has 5 N–H and O–H groups in total. The van der Waals surface area contributed by atoms with Crippen LogP contribution in [0, 0.1) is 6.92 Å². The molecule has 0 unspecified atom stereocenters. The predicted molar refractivity (Wildman–Crippen MR) is 76.6 cm³/mol. The topological polar surface area (TPSA) is 94.0 Å². The van der Waals surface area contributed by atoms with Gasteiger partial charge in [0.05, 0.1) is 10.7 Å². The van der Waals surface area contributed by atoms with Gasteiger partial charge in [0.15, 0.2) is 0 Å². The molecular formula is C13H13ClN4O. The summed E-state index contributed by atoms with van der Waals surface area (Å²) < 4.78 is 0. The molecule has 6 heteroatoms. The van der Waals surface area contributed by atoms with Crippen LogP contribution in [0.5, 0.6) is 0 Å². The predicted octanol–water partition coefficient (Wildman–Crippen LogP) is 2.47. The van der Waals surface area contributed by atoms with Crippen molar-refractivity contribution in [2.45, 2.75) is 6.92 Å². The molecule has 1 amide bonds. The second-order valence-electron chi connectivity index (χ2n) is 4.11. The van der Waals surface area contributed by atoms with E-state index in [4.69, 9.17) is 23.1 Å². The molecule has 0 spiro atoms. The summed E-state index contributed by atoms with van der Waals surface area (Å²) in [5, 5.41) is 3.53. The van der Waals surface area contributed by atoms with Crippen LogP contribution < -0.4 is 16.8 Å². The number of primary amides is 1. The molecule has 1 aromatic carbocycles. The van der Waals surface area contributed by atoms with Crippen LogP contribution in [-0.4, -0.2) is 10.9 Å². The van der Waals surface area contributed by atoms with E-state index in [1.54, 1.807) is 37.3 Å². The summed E-state index contributed by atoms with van der Waals surface area (Å²) in [7, 11) is 0. The van der Waals surface area contributed by atoms with Gasteiger partial charge in [-0.3, -0.25) is 4.79 Å². The van der Waals surface area contributed by atoms with Gasteiger partial charge in [-0.2, -0.15) is 0 Å². The Morgan fingerprint density at radius 1 is 1.32 bits per heavy atom. The van der Waals surface area contributed by atoms with E-state index in [1.807, 2.05) is 0 Å². The Kier molecular flexibility index (Phi) is 3.57. The highest BCUT2D eigenvalue weighted by molar-refractivity contribution is 6.33. The van der Waals surface area contributed by atoms with Gasteiger partial charge in [-0.05, 0) is 37.3 Å². The van der Waals surface area contributed by atoms with Crippen molar-refractivity contribution in [3.05, 3.63) is 46.6 Å². The number of nitrogens with zero attached hydrogens (tertiary/aromatic N) is 1. The molecule has 0 aliphatic rings. The van der Waals surface area contributed by atoms with E-state index in [2.05, 4.69) is 10.3 Å². The Bertz CT molecular complexity index is 643. The molecule has 1 heterocycles. The lowest BCUT2D eigenvalue weighted by atomic mass is 10.2. The number of carbonyl (C=O) groups is 1. The van der Waals surface area contributed by atoms with Crippen molar-refractivity contribution in [3.8, 4) is 0 Å². The van der Waals surface area contributed by atoms with Crippen molar-refractivity contribution in [3.63, 3.8) is 0 Å². The minimum Gasteiger partial charge on any atom is -0.399 e. The van der Waals surface area contributed by atoms with Gasteiger partial charge in [0.25, 0.3) is 0 Å². The lowest BCUT2D eigenvalue weighted by Gasteiger charge is -2.10. The number of benzene rings is 1. The third kappa shape index (κ3) is 3.14. The SMILES string of the molecule is Cc1cc(C(N)=O)cc(Nc2cc(N)ccc2Cl)n1. The van der Waals surface area contributed by atoms with Crippen molar-refractivity contribution in [2.75, 3.05) is 11.1 Å². The highest BCUT2D eigenvalue weighted by Gasteiger charge is 2.07. The number of hydrogen-bond acceptors (Lipinski definition) is 4. The van der Waals surface area contributed by atoms with Crippen LogP contribution in [0.25, 0.3) is 0 Å². The van der Waals surface area contributed by atoms with E-state index in [-0.39, 0.29) is 0 Å². The van der Waals surface area contributed by atoms with Crippen LogP contribution in [0.4, 0.5) is 17.2 Å². The molecule has 19 heavy (non-hydrogen) atoms. The summed E-state index contributed by atoms with van der Waals surface area (Å²) in [6.45, 7) is 1.78. The molecule has 1 aromatic heterocycles. The lowest BCUT2D eigenvalue weighted by Crippen LogP contribution is -2.12. The molecule has 0 aliphatic heterocycles. The fraction of sp³-hybridized carbons (Fsp3) is 0.0769. The Balaban J connectivity index is 2.38. The Morgan fingerprint density at radius 3 is 2.74 bits per heavy atom.